The lowest BCUT2D eigenvalue weighted by Gasteiger charge is -2.21. The van der Waals surface area contributed by atoms with Crippen molar-refractivity contribution >= 4 is 27.4 Å². The summed E-state index contributed by atoms with van der Waals surface area (Å²) in [6.07, 6.45) is 0.262. The molecule has 0 N–H and O–H groups in total. The molecule has 4 nitrogen and oxygen atoms in total. The third-order valence-corrected chi connectivity index (χ3v) is 3.77. The average Bonchev–Trinajstić information content (AvgIpc) is 2.02. The van der Waals surface area contributed by atoms with Crippen molar-refractivity contribution in [3.63, 3.8) is 0 Å². The summed E-state index contributed by atoms with van der Waals surface area (Å²) in [6, 6.07) is 0. The topological polar surface area (TPSA) is 44.8 Å². The highest BCUT2D eigenvalue weighted by atomic mass is 32.1. The van der Waals surface area contributed by atoms with Crippen LogP contribution in [0.2, 0.25) is 6.55 Å². The Hall–Kier alpha value is -0.0431. The quantitative estimate of drug-likeness (QED) is 0.561. The van der Waals surface area contributed by atoms with Crippen LogP contribution in [0.1, 0.15) is 13.3 Å². The molecule has 13 heavy (non-hydrogen) atoms. The van der Waals surface area contributed by atoms with Gasteiger partial charge in [0.25, 0.3) is 5.97 Å². The Labute approximate surface area is 85.3 Å². The van der Waals surface area contributed by atoms with Crippen molar-refractivity contribution in [2.75, 3.05) is 14.2 Å². The van der Waals surface area contributed by atoms with E-state index in [2.05, 4.69) is 12.6 Å². The molecule has 0 rings (SSSR count). The highest BCUT2D eigenvalue weighted by Gasteiger charge is 2.36. The van der Waals surface area contributed by atoms with Crippen LogP contribution in [-0.4, -0.2) is 34.2 Å². The van der Waals surface area contributed by atoms with Gasteiger partial charge >= 0.3 is 8.80 Å². The number of carbonyl (C=O) groups excluding carboxylic acids is 1. The summed E-state index contributed by atoms with van der Waals surface area (Å²) in [5, 5.41) is -0.0144. The smallest absolute Gasteiger partial charge is 0.473 e. The van der Waals surface area contributed by atoms with Gasteiger partial charge in [-0.3, -0.25) is 4.79 Å². The molecule has 0 bridgehead atoms. The Morgan fingerprint density at radius 3 is 2.23 bits per heavy atom. The second kappa shape index (κ2) is 5.64. The van der Waals surface area contributed by atoms with Crippen molar-refractivity contribution in [1.82, 2.24) is 0 Å². The molecule has 0 heterocycles. The number of hydrogen-bond donors (Lipinski definition) is 1. The van der Waals surface area contributed by atoms with Crippen molar-refractivity contribution < 1.29 is 18.1 Å². The third kappa shape index (κ3) is 5.30. The van der Waals surface area contributed by atoms with Crippen LogP contribution in [0.25, 0.3) is 0 Å². The van der Waals surface area contributed by atoms with E-state index in [1.807, 2.05) is 6.92 Å². The largest absolute Gasteiger partial charge is 0.564 e. The van der Waals surface area contributed by atoms with Gasteiger partial charge < -0.3 is 13.3 Å². The van der Waals surface area contributed by atoms with Crippen LogP contribution in [0, 0.1) is 0 Å². The summed E-state index contributed by atoms with van der Waals surface area (Å²) >= 11 is 4.08. The SMILES string of the molecule is CO[Si](C)(OC)OC(=O)CC(C)S. The Kier molecular flexibility index (Phi) is 5.62. The minimum absolute atomic E-state index is 0.0144. The van der Waals surface area contributed by atoms with Crippen LogP contribution in [0.3, 0.4) is 0 Å². The predicted molar refractivity (Wildman–Crippen MR) is 54.8 cm³/mol. The molecule has 0 amide bonds. The molecule has 0 saturated carbocycles. The van der Waals surface area contributed by atoms with Gasteiger partial charge in [0.05, 0.1) is 6.42 Å². The molecule has 1 atom stereocenters. The lowest BCUT2D eigenvalue weighted by Crippen LogP contribution is -2.42. The highest BCUT2D eigenvalue weighted by molar-refractivity contribution is 7.80. The molecular weight excluding hydrogens is 208 g/mol. The molecule has 0 saturated heterocycles. The molecule has 78 valence electrons. The molecule has 0 fully saturated rings. The summed E-state index contributed by atoms with van der Waals surface area (Å²) in [7, 11) is 0.220. The van der Waals surface area contributed by atoms with E-state index in [0.717, 1.165) is 0 Å². The Morgan fingerprint density at radius 1 is 1.46 bits per heavy atom. The van der Waals surface area contributed by atoms with Gasteiger partial charge in [-0.2, -0.15) is 12.6 Å². The van der Waals surface area contributed by atoms with Crippen LogP contribution < -0.4 is 0 Å². The van der Waals surface area contributed by atoms with Gasteiger partial charge in [-0.25, -0.2) is 0 Å². The molecule has 6 heteroatoms. The van der Waals surface area contributed by atoms with Gasteiger partial charge in [0.1, 0.15) is 0 Å². The lowest BCUT2D eigenvalue weighted by molar-refractivity contribution is -0.138. The van der Waals surface area contributed by atoms with Crippen LogP contribution in [-0.2, 0) is 18.1 Å². The van der Waals surface area contributed by atoms with E-state index in [1.165, 1.54) is 14.2 Å². The number of rotatable bonds is 5. The zero-order chi connectivity index (χ0) is 10.5. The van der Waals surface area contributed by atoms with Crippen LogP contribution >= 0.6 is 12.6 Å². The third-order valence-electron chi connectivity index (χ3n) is 1.50. The summed E-state index contributed by atoms with van der Waals surface area (Å²) in [4.78, 5) is 11.2. The van der Waals surface area contributed by atoms with Crippen LogP contribution in [0.5, 0.6) is 0 Å². The highest BCUT2D eigenvalue weighted by Crippen LogP contribution is 2.10. The van der Waals surface area contributed by atoms with Crippen LogP contribution in [0.15, 0.2) is 0 Å². The van der Waals surface area contributed by atoms with E-state index in [-0.39, 0.29) is 17.6 Å². The summed E-state index contributed by atoms with van der Waals surface area (Å²) in [6.45, 7) is 3.48. The Morgan fingerprint density at radius 2 is 1.92 bits per heavy atom. The predicted octanol–water partition coefficient (Wildman–Crippen LogP) is 1.10. The second-order valence-electron chi connectivity index (χ2n) is 2.80. The average molecular weight is 224 g/mol. The second-order valence-corrected chi connectivity index (χ2v) is 6.42. The molecule has 0 aromatic carbocycles. The molecule has 0 spiro atoms. The van der Waals surface area contributed by atoms with E-state index in [0.29, 0.717) is 0 Å². The van der Waals surface area contributed by atoms with Gasteiger partial charge in [0.2, 0.25) is 0 Å². The van der Waals surface area contributed by atoms with Gasteiger partial charge in [0.15, 0.2) is 0 Å². The van der Waals surface area contributed by atoms with E-state index in [4.69, 9.17) is 13.3 Å². The number of carbonyl (C=O) groups is 1. The fourth-order valence-corrected chi connectivity index (χ4v) is 1.64. The first-order valence-electron chi connectivity index (χ1n) is 3.93. The first kappa shape index (κ1) is 13.0. The molecule has 0 aromatic rings. The van der Waals surface area contributed by atoms with Crippen molar-refractivity contribution in [3.8, 4) is 0 Å². The Balaban J connectivity index is 4.02. The minimum Gasteiger partial charge on any atom is -0.473 e. The molecular formula is C7H16O4SSi. The zero-order valence-electron chi connectivity index (χ0n) is 8.36. The standard InChI is InChI=1S/C7H16O4SSi/c1-6(12)5-7(8)11-13(4,9-2)10-3/h6,12H,5H2,1-4H3. The lowest BCUT2D eigenvalue weighted by atomic mass is 10.3. The van der Waals surface area contributed by atoms with E-state index in [9.17, 15) is 4.79 Å². The fraction of sp³-hybridized carbons (Fsp3) is 0.857. The molecule has 0 aromatic heterocycles. The van der Waals surface area contributed by atoms with E-state index >= 15 is 0 Å². The maximum atomic E-state index is 11.2. The maximum Gasteiger partial charge on any atom is 0.564 e. The number of hydrogen-bond acceptors (Lipinski definition) is 5. The van der Waals surface area contributed by atoms with Gasteiger partial charge in [-0.15, -0.1) is 0 Å². The molecule has 0 aliphatic rings. The first-order chi connectivity index (χ1) is 5.93. The minimum atomic E-state index is -2.71. The maximum absolute atomic E-state index is 11.2. The number of thiol groups is 1. The molecule has 0 aliphatic heterocycles. The fourth-order valence-electron chi connectivity index (χ4n) is 0.656. The van der Waals surface area contributed by atoms with Crippen molar-refractivity contribution in [2.45, 2.75) is 25.1 Å². The molecule has 1 unspecified atom stereocenters. The molecule has 0 radical (unpaired) electrons. The van der Waals surface area contributed by atoms with E-state index in [1.54, 1.807) is 6.55 Å². The van der Waals surface area contributed by atoms with Crippen LogP contribution in [0.4, 0.5) is 0 Å². The van der Waals surface area contributed by atoms with Gasteiger partial charge in [-0.05, 0) is 0 Å². The zero-order valence-corrected chi connectivity index (χ0v) is 10.3. The van der Waals surface area contributed by atoms with Crippen molar-refractivity contribution in [1.29, 1.82) is 0 Å². The van der Waals surface area contributed by atoms with Crippen molar-refractivity contribution in [3.05, 3.63) is 0 Å². The summed E-state index contributed by atoms with van der Waals surface area (Å²) in [5.74, 6) is -0.333. The monoisotopic (exact) mass is 224 g/mol. The first-order valence-corrected chi connectivity index (χ1v) is 6.68. The Bertz CT molecular complexity index is 170. The summed E-state index contributed by atoms with van der Waals surface area (Å²) in [5.41, 5.74) is 0. The van der Waals surface area contributed by atoms with Gasteiger partial charge in [-0.1, -0.05) is 6.92 Å². The van der Waals surface area contributed by atoms with Crippen molar-refractivity contribution in [2.24, 2.45) is 0 Å². The summed E-state index contributed by atoms with van der Waals surface area (Å²) < 4.78 is 15.0. The normalized spacial score (nSPS) is 13.9. The molecule has 0 aliphatic carbocycles. The van der Waals surface area contributed by atoms with E-state index < -0.39 is 8.80 Å². The van der Waals surface area contributed by atoms with Gasteiger partial charge in [0, 0.05) is 26.0 Å².